The molecule has 4 heteroatoms. The Bertz CT molecular complexity index is 374. The standard InChI is InChI=1S/C10H10BrNO2/c11-8-3-2-7(10(13)14)6-9(8)12-4-1-5-12/h2-3,6H,1,4-5H2,(H,13,14). The van der Waals surface area contributed by atoms with E-state index in [1.165, 1.54) is 6.42 Å². The first-order valence-electron chi connectivity index (χ1n) is 4.46. The number of hydrogen-bond acceptors (Lipinski definition) is 2. The van der Waals surface area contributed by atoms with Gasteiger partial charge in [0, 0.05) is 17.6 Å². The van der Waals surface area contributed by atoms with Gasteiger partial charge >= 0.3 is 5.97 Å². The second-order valence-electron chi connectivity index (χ2n) is 3.31. The highest BCUT2D eigenvalue weighted by Gasteiger charge is 2.18. The molecular formula is C10H10BrNO2. The summed E-state index contributed by atoms with van der Waals surface area (Å²) >= 11 is 3.42. The molecule has 1 saturated heterocycles. The second-order valence-corrected chi connectivity index (χ2v) is 4.17. The minimum atomic E-state index is -0.876. The number of rotatable bonds is 2. The molecule has 74 valence electrons. The average Bonchev–Trinajstić information content (AvgIpc) is 2.05. The van der Waals surface area contributed by atoms with Crippen LogP contribution in [0.4, 0.5) is 5.69 Å². The lowest BCUT2D eigenvalue weighted by atomic mass is 10.1. The number of benzene rings is 1. The van der Waals surface area contributed by atoms with E-state index in [2.05, 4.69) is 20.8 Å². The van der Waals surface area contributed by atoms with E-state index in [0.29, 0.717) is 5.56 Å². The third-order valence-corrected chi connectivity index (χ3v) is 3.06. The van der Waals surface area contributed by atoms with Crippen LogP contribution in [-0.4, -0.2) is 24.2 Å². The summed E-state index contributed by atoms with van der Waals surface area (Å²) in [6.45, 7) is 2.03. The van der Waals surface area contributed by atoms with Crippen molar-refractivity contribution >= 4 is 27.6 Å². The van der Waals surface area contributed by atoms with Crippen molar-refractivity contribution in [3.8, 4) is 0 Å². The Kier molecular flexibility index (Phi) is 2.46. The molecule has 0 aliphatic carbocycles. The number of anilines is 1. The quantitative estimate of drug-likeness (QED) is 0.882. The van der Waals surface area contributed by atoms with E-state index in [1.807, 2.05) is 0 Å². The molecule has 0 spiro atoms. The van der Waals surface area contributed by atoms with Gasteiger partial charge in [-0.3, -0.25) is 0 Å². The van der Waals surface area contributed by atoms with E-state index in [1.54, 1.807) is 18.2 Å². The molecule has 1 aliphatic rings. The number of hydrogen-bond donors (Lipinski definition) is 1. The van der Waals surface area contributed by atoms with Crippen LogP contribution in [0, 0.1) is 0 Å². The van der Waals surface area contributed by atoms with Crippen molar-refractivity contribution in [2.24, 2.45) is 0 Å². The van der Waals surface area contributed by atoms with Gasteiger partial charge in [-0.15, -0.1) is 0 Å². The smallest absolute Gasteiger partial charge is 0.335 e. The molecule has 14 heavy (non-hydrogen) atoms. The predicted molar refractivity (Wildman–Crippen MR) is 57.9 cm³/mol. The first-order valence-corrected chi connectivity index (χ1v) is 5.25. The van der Waals surface area contributed by atoms with Gasteiger partial charge in [-0.1, -0.05) is 0 Å². The van der Waals surface area contributed by atoms with Crippen molar-refractivity contribution in [3.05, 3.63) is 28.2 Å². The summed E-state index contributed by atoms with van der Waals surface area (Å²) in [5.41, 5.74) is 1.33. The van der Waals surface area contributed by atoms with Crippen molar-refractivity contribution in [3.63, 3.8) is 0 Å². The van der Waals surface area contributed by atoms with Crippen LogP contribution in [0.1, 0.15) is 16.8 Å². The largest absolute Gasteiger partial charge is 0.478 e. The molecule has 2 rings (SSSR count). The lowest BCUT2D eigenvalue weighted by Gasteiger charge is -2.34. The average molecular weight is 256 g/mol. The summed E-state index contributed by atoms with van der Waals surface area (Å²) < 4.78 is 0.960. The second kappa shape index (κ2) is 3.61. The molecule has 0 amide bonds. The van der Waals surface area contributed by atoms with Crippen molar-refractivity contribution in [1.82, 2.24) is 0 Å². The van der Waals surface area contributed by atoms with E-state index >= 15 is 0 Å². The normalized spacial score (nSPS) is 15.1. The third kappa shape index (κ3) is 1.62. The summed E-state index contributed by atoms with van der Waals surface area (Å²) in [4.78, 5) is 12.9. The first kappa shape index (κ1) is 9.52. The Morgan fingerprint density at radius 3 is 2.64 bits per heavy atom. The Morgan fingerprint density at radius 1 is 1.43 bits per heavy atom. The molecule has 0 unspecified atom stereocenters. The van der Waals surface area contributed by atoms with Crippen molar-refractivity contribution in [2.75, 3.05) is 18.0 Å². The monoisotopic (exact) mass is 255 g/mol. The number of carbonyl (C=O) groups is 1. The highest BCUT2D eigenvalue weighted by molar-refractivity contribution is 9.10. The predicted octanol–water partition coefficient (Wildman–Crippen LogP) is 2.36. The third-order valence-electron chi connectivity index (χ3n) is 2.39. The molecule has 1 N–H and O–H groups in total. The van der Waals surface area contributed by atoms with Crippen LogP contribution in [0.5, 0.6) is 0 Å². The van der Waals surface area contributed by atoms with Gasteiger partial charge in [0.1, 0.15) is 0 Å². The van der Waals surface area contributed by atoms with Gasteiger partial charge in [0.05, 0.1) is 11.3 Å². The molecule has 1 fully saturated rings. The van der Waals surface area contributed by atoms with Crippen molar-refractivity contribution < 1.29 is 9.90 Å². The molecule has 1 aromatic carbocycles. The molecule has 0 atom stereocenters. The van der Waals surface area contributed by atoms with Gasteiger partial charge < -0.3 is 10.0 Å². The van der Waals surface area contributed by atoms with Crippen LogP contribution >= 0.6 is 15.9 Å². The molecule has 1 heterocycles. The Balaban J connectivity index is 2.36. The minimum Gasteiger partial charge on any atom is -0.478 e. The SMILES string of the molecule is O=C(O)c1ccc(Br)c(N2CCC2)c1. The Hall–Kier alpha value is -1.03. The Labute approximate surface area is 90.5 Å². The number of aromatic carboxylic acids is 1. The highest BCUT2D eigenvalue weighted by atomic mass is 79.9. The van der Waals surface area contributed by atoms with Crippen molar-refractivity contribution in [1.29, 1.82) is 0 Å². The molecule has 1 aromatic rings. The fourth-order valence-electron chi connectivity index (χ4n) is 1.45. The molecule has 0 aromatic heterocycles. The zero-order valence-corrected chi connectivity index (χ0v) is 9.12. The summed E-state index contributed by atoms with van der Waals surface area (Å²) in [6, 6.07) is 5.11. The van der Waals surface area contributed by atoms with Gasteiger partial charge in [0.25, 0.3) is 0 Å². The minimum absolute atomic E-state index is 0.343. The van der Waals surface area contributed by atoms with Crippen LogP contribution in [0.3, 0.4) is 0 Å². The first-order chi connectivity index (χ1) is 6.68. The Morgan fingerprint density at radius 2 is 2.14 bits per heavy atom. The number of nitrogens with zero attached hydrogens (tertiary/aromatic N) is 1. The molecule has 1 aliphatic heterocycles. The molecular weight excluding hydrogens is 246 g/mol. The molecule has 0 saturated carbocycles. The highest BCUT2D eigenvalue weighted by Crippen LogP contribution is 2.30. The zero-order chi connectivity index (χ0) is 10.1. The van der Waals surface area contributed by atoms with Crippen LogP contribution < -0.4 is 4.90 Å². The maximum Gasteiger partial charge on any atom is 0.335 e. The van der Waals surface area contributed by atoms with Crippen LogP contribution in [0.2, 0.25) is 0 Å². The maximum absolute atomic E-state index is 10.8. The van der Waals surface area contributed by atoms with Crippen LogP contribution in [0.25, 0.3) is 0 Å². The van der Waals surface area contributed by atoms with Gasteiger partial charge in [-0.2, -0.15) is 0 Å². The van der Waals surface area contributed by atoms with Gasteiger partial charge in [-0.05, 0) is 40.5 Å². The number of carboxylic acid groups (broad SMARTS) is 1. The lowest BCUT2D eigenvalue weighted by molar-refractivity contribution is 0.0697. The van der Waals surface area contributed by atoms with E-state index in [9.17, 15) is 4.79 Å². The summed E-state index contributed by atoms with van der Waals surface area (Å²) in [5, 5.41) is 8.84. The molecule has 3 nitrogen and oxygen atoms in total. The fraction of sp³-hybridized carbons (Fsp3) is 0.300. The van der Waals surface area contributed by atoms with E-state index in [0.717, 1.165) is 23.2 Å². The van der Waals surface area contributed by atoms with Gasteiger partial charge in [-0.25, -0.2) is 4.79 Å². The number of halogens is 1. The molecule has 0 bridgehead atoms. The summed E-state index contributed by atoms with van der Waals surface area (Å²) in [7, 11) is 0. The van der Waals surface area contributed by atoms with Crippen LogP contribution in [-0.2, 0) is 0 Å². The van der Waals surface area contributed by atoms with Crippen molar-refractivity contribution in [2.45, 2.75) is 6.42 Å². The van der Waals surface area contributed by atoms with Gasteiger partial charge in [0.15, 0.2) is 0 Å². The maximum atomic E-state index is 10.8. The van der Waals surface area contributed by atoms with E-state index in [4.69, 9.17) is 5.11 Å². The zero-order valence-electron chi connectivity index (χ0n) is 7.53. The van der Waals surface area contributed by atoms with Gasteiger partial charge in [0.2, 0.25) is 0 Å². The van der Waals surface area contributed by atoms with E-state index < -0.39 is 5.97 Å². The van der Waals surface area contributed by atoms with Crippen LogP contribution in [0.15, 0.2) is 22.7 Å². The molecule has 0 radical (unpaired) electrons. The topological polar surface area (TPSA) is 40.5 Å². The number of carboxylic acids is 1. The fourth-order valence-corrected chi connectivity index (χ4v) is 1.94. The summed E-state index contributed by atoms with van der Waals surface area (Å²) in [5.74, 6) is -0.876. The summed E-state index contributed by atoms with van der Waals surface area (Å²) in [6.07, 6.45) is 1.18. The lowest BCUT2D eigenvalue weighted by Crippen LogP contribution is -2.37. The van der Waals surface area contributed by atoms with E-state index in [-0.39, 0.29) is 0 Å².